The van der Waals surface area contributed by atoms with Gasteiger partial charge in [-0.15, -0.1) is 24.0 Å². The highest BCUT2D eigenvalue weighted by molar-refractivity contribution is 14.0. The van der Waals surface area contributed by atoms with Crippen LogP contribution in [0, 0.1) is 11.8 Å². The van der Waals surface area contributed by atoms with Gasteiger partial charge in [0.05, 0.1) is 11.5 Å². The minimum absolute atomic E-state index is 0. The second kappa shape index (κ2) is 9.85. The summed E-state index contributed by atoms with van der Waals surface area (Å²) in [6.07, 6.45) is 0.755. The summed E-state index contributed by atoms with van der Waals surface area (Å²) in [6, 6.07) is 0.327. The van der Waals surface area contributed by atoms with Crippen LogP contribution >= 0.6 is 35.7 Å². The number of guanidine groups is 1. The molecule has 5 nitrogen and oxygen atoms in total. The van der Waals surface area contributed by atoms with Crippen molar-refractivity contribution in [2.75, 3.05) is 36.9 Å². The Bertz CT molecular complexity index is 523. The first-order chi connectivity index (χ1) is 10.8. The van der Waals surface area contributed by atoms with Crippen LogP contribution in [0.1, 0.15) is 34.1 Å². The molecular weight excluding hydrogens is 457 g/mol. The van der Waals surface area contributed by atoms with Crippen LogP contribution in [0.15, 0.2) is 4.99 Å². The molecule has 2 unspecified atom stereocenters. The van der Waals surface area contributed by atoms with Gasteiger partial charge in [-0.05, 0) is 32.1 Å². The van der Waals surface area contributed by atoms with Gasteiger partial charge in [-0.25, -0.2) is 8.42 Å². The predicted octanol–water partition coefficient (Wildman–Crippen LogP) is 2.47. The third-order valence-corrected chi connectivity index (χ3v) is 7.76. The van der Waals surface area contributed by atoms with Crippen LogP contribution in [0.5, 0.6) is 0 Å². The average molecular weight is 489 g/mol. The SMILES string of the molecule is CC(C)NC(=NCC1CCS(=O)(=O)C1)N1CCSC(C(C)C)C1.I. The minimum Gasteiger partial charge on any atom is -0.354 e. The molecule has 0 aromatic rings. The van der Waals surface area contributed by atoms with Gasteiger partial charge in [0, 0.05) is 36.7 Å². The molecule has 0 saturated carbocycles. The third-order valence-electron chi connectivity index (χ3n) is 4.38. The standard InChI is InChI=1S/C16H31N3O2S2.HI/c1-12(2)15-10-19(6-7-22-15)16(18-13(3)4)17-9-14-5-8-23(20,21)11-14;/h12-15H,5-11H2,1-4H3,(H,17,18);1H. The summed E-state index contributed by atoms with van der Waals surface area (Å²) in [6.45, 7) is 11.4. The lowest BCUT2D eigenvalue weighted by atomic mass is 10.1. The number of hydrogen-bond donors (Lipinski definition) is 1. The zero-order chi connectivity index (χ0) is 17.0. The number of rotatable bonds is 4. The second-order valence-electron chi connectivity index (χ2n) is 7.33. The van der Waals surface area contributed by atoms with Gasteiger partial charge in [0.1, 0.15) is 0 Å². The van der Waals surface area contributed by atoms with Crippen molar-refractivity contribution >= 4 is 51.5 Å². The molecule has 2 atom stereocenters. The Balaban J connectivity index is 0.00000288. The molecule has 0 radical (unpaired) electrons. The summed E-state index contributed by atoms with van der Waals surface area (Å²) in [7, 11) is -2.82. The van der Waals surface area contributed by atoms with Crippen molar-refractivity contribution in [1.82, 2.24) is 10.2 Å². The van der Waals surface area contributed by atoms with Crippen molar-refractivity contribution in [1.29, 1.82) is 0 Å². The monoisotopic (exact) mass is 489 g/mol. The Morgan fingerprint density at radius 3 is 2.58 bits per heavy atom. The molecule has 2 rings (SSSR count). The average Bonchev–Trinajstić information content (AvgIpc) is 2.82. The second-order valence-corrected chi connectivity index (χ2v) is 10.9. The van der Waals surface area contributed by atoms with E-state index in [2.05, 4.69) is 49.7 Å². The molecule has 142 valence electrons. The Morgan fingerprint density at radius 2 is 2.04 bits per heavy atom. The highest BCUT2D eigenvalue weighted by Crippen LogP contribution is 2.25. The molecular formula is C16H32IN3O2S2. The molecule has 24 heavy (non-hydrogen) atoms. The first-order valence-electron chi connectivity index (χ1n) is 8.65. The summed E-state index contributed by atoms with van der Waals surface area (Å²) in [4.78, 5) is 7.14. The number of halogens is 1. The van der Waals surface area contributed by atoms with Crippen LogP contribution in [0.4, 0.5) is 0 Å². The summed E-state index contributed by atoms with van der Waals surface area (Å²) in [5.74, 6) is 3.55. The highest BCUT2D eigenvalue weighted by Gasteiger charge is 2.29. The summed E-state index contributed by atoms with van der Waals surface area (Å²) in [5, 5.41) is 4.10. The Hall–Kier alpha value is 0.300. The number of nitrogens with one attached hydrogen (secondary N) is 1. The zero-order valence-corrected chi connectivity index (χ0v) is 19.2. The van der Waals surface area contributed by atoms with E-state index >= 15 is 0 Å². The van der Waals surface area contributed by atoms with Crippen molar-refractivity contribution in [3.63, 3.8) is 0 Å². The number of aliphatic imine (C=N–C) groups is 1. The lowest BCUT2D eigenvalue weighted by molar-refractivity contribution is 0.375. The van der Waals surface area contributed by atoms with Crippen LogP contribution in [0.25, 0.3) is 0 Å². The molecule has 2 heterocycles. The van der Waals surface area contributed by atoms with Crippen molar-refractivity contribution in [3.05, 3.63) is 0 Å². The molecule has 0 spiro atoms. The lowest BCUT2D eigenvalue weighted by Gasteiger charge is -2.37. The van der Waals surface area contributed by atoms with Gasteiger partial charge in [-0.1, -0.05) is 13.8 Å². The van der Waals surface area contributed by atoms with Gasteiger partial charge >= 0.3 is 0 Å². The fourth-order valence-corrected chi connectivity index (χ4v) is 6.15. The van der Waals surface area contributed by atoms with Gasteiger partial charge < -0.3 is 10.2 Å². The molecule has 0 bridgehead atoms. The molecule has 8 heteroatoms. The van der Waals surface area contributed by atoms with E-state index in [1.165, 1.54) is 0 Å². The first kappa shape index (κ1) is 22.3. The highest BCUT2D eigenvalue weighted by atomic mass is 127. The van der Waals surface area contributed by atoms with Crippen molar-refractivity contribution in [3.8, 4) is 0 Å². The maximum Gasteiger partial charge on any atom is 0.194 e. The van der Waals surface area contributed by atoms with E-state index in [4.69, 9.17) is 4.99 Å². The van der Waals surface area contributed by atoms with Crippen LogP contribution in [0.2, 0.25) is 0 Å². The molecule has 1 N–H and O–H groups in total. The van der Waals surface area contributed by atoms with Crippen LogP contribution in [-0.2, 0) is 9.84 Å². The van der Waals surface area contributed by atoms with E-state index in [1.54, 1.807) is 0 Å². The molecule has 2 aliphatic heterocycles. The van der Waals surface area contributed by atoms with E-state index in [0.29, 0.717) is 35.3 Å². The maximum absolute atomic E-state index is 11.6. The van der Waals surface area contributed by atoms with Crippen molar-refractivity contribution in [2.24, 2.45) is 16.8 Å². The lowest BCUT2D eigenvalue weighted by Crippen LogP contribution is -2.50. The number of sulfone groups is 1. The molecule has 0 amide bonds. The third kappa shape index (κ3) is 6.90. The normalized spacial score (nSPS) is 27.4. The molecule has 2 aliphatic rings. The smallest absolute Gasteiger partial charge is 0.194 e. The number of hydrogen-bond acceptors (Lipinski definition) is 4. The Kier molecular flexibility index (Phi) is 9.17. The Morgan fingerprint density at radius 1 is 1.33 bits per heavy atom. The summed E-state index contributed by atoms with van der Waals surface area (Å²) in [5.41, 5.74) is 0. The van der Waals surface area contributed by atoms with Gasteiger partial charge in [0.15, 0.2) is 15.8 Å². The molecule has 0 aromatic heterocycles. The van der Waals surface area contributed by atoms with E-state index < -0.39 is 9.84 Å². The van der Waals surface area contributed by atoms with E-state index in [-0.39, 0.29) is 29.9 Å². The van der Waals surface area contributed by atoms with Gasteiger partial charge in [-0.2, -0.15) is 11.8 Å². The van der Waals surface area contributed by atoms with Gasteiger partial charge in [-0.3, -0.25) is 4.99 Å². The number of thioether (sulfide) groups is 1. The fraction of sp³-hybridized carbons (Fsp3) is 0.938. The van der Waals surface area contributed by atoms with E-state index in [0.717, 1.165) is 31.2 Å². The van der Waals surface area contributed by atoms with E-state index in [9.17, 15) is 8.42 Å². The summed E-state index contributed by atoms with van der Waals surface area (Å²) >= 11 is 2.05. The van der Waals surface area contributed by atoms with Crippen LogP contribution < -0.4 is 5.32 Å². The molecule has 0 aliphatic carbocycles. The van der Waals surface area contributed by atoms with Crippen LogP contribution in [-0.4, -0.2) is 67.5 Å². The fourth-order valence-electron chi connectivity index (χ4n) is 3.00. The molecule has 0 aromatic carbocycles. The quantitative estimate of drug-likeness (QED) is 0.374. The van der Waals surface area contributed by atoms with Crippen molar-refractivity contribution < 1.29 is 8.42 Å². The summed E-state index contributed by atoms with van der Waals surface area (Å²) < 4.78 is 23.2. The molecule has 2 saturated heterocycles. The van der Waals surface area contributed by atoms with Crippen LogP contribution in [0.3, 0.4) is 0 Å². The largest absolute Gasteiger partial charge is 0.354 e. The zero-order valence-electron chi connectivity index (χ0n) is 15.2. The van der Waals surface area contributed by atoms with Gasteiger partial charge in [0.25, 0.3) is 0 Å². The van der Waals surface area contributed by atoms with Crippen molar-refractivity contribution in [2.45, 2.75) is 45.4 Å². The maximum atomic E-state index is 11.6. The minimum atomic E-state index is -2.82. The van der Waals surface area contributed by atoms with E-state index in [1.807, 2.05) is 0 Å². The van der Waals surface area contributed by atoms with Gasteiger partial charge in [0.2, 0.25) is 0 Å². The number of nitrogens with zero attached hydrogens (tertiary/aromatic N) is 2. The Labute approximate surface area is 168 Å². The predicted molar refractivity (Wildman–Crippen MR) is 115 cm³/mol. The topological polar surface area (TPSA) is 61.8 Å². The molecule has 2 fully saturated rings. The first-order valence-corrected chi connectivity index (χ1v) is 11.5.